The van der Waals surface area contributed by atoms with Crippen LogP contribution < -0.4 is 0 Å². The lowest BCUT2D eigenvalue weighted by Crippen LogP contribution is -2.40. The molecule has 0 N–H and O–H groups in total. The molecule has 0 radical (unpaired) electrons. The standard InChI is InChI=1S/C17H20BrNO2/c1-17(2,3)21-16(20)19-7-6-12-8-11-4-5-13(18)9-14(11)15(12)10-19/h4-5,9H,6-8,10H2,1-3H3. The van der Waals surface area contributed by atoms with Crippen molar-refractivity contribution in [2.24, 2.45) is 0 Å². The quantitative estimate of drug-likeness (QED) is 0.694. The summed E-state index contributed by atoms with van der Waals surface area (Å²) in [5, 5.41) is 0. The molecule has 0 fully saturated rings. The van der Waals surface area contributed by atoms with Crippen molar-refractivity contribution in [3.63, 3.8) is 0 Å². The van der Waals surface area contributed by atoms with Crippen molar-refractivity contribution < 1.29 is 9.53 Å². The van der Waals surface area contributed by atoms with E-state index in [4.69, 9.17) is 4.74 Å². The summed E-state index contributed by atoms with van der Waals surface area (Å²) in [6, 6.07) is 6.43. The van der Waals surface area contributed by atoms with E-state index < -0.39 is 5.60 Å². The van der Waals surface area contributed by atoms with Crippen molar-refractivity contribution in [2.75, 3.05) is 13.1 Å². The maximum Gasteiger partial charge on any atom is 0.410 e. The zero-order valence-electron chi connectivity index (χ0n) is 12.7. The van der Waals surface area contributed by atoms with Gasteiger partial charge in [0.05, 0.1) is 0 Å². The fourth-order valence-electron chi connectivity index (χ4n) is 2.97. The van der Waals surface area contributed by atoms with Gasteiger partial charge >= 0.3 is 6.09 Å². The number of amides is 1. The summed E-state index contributed by atoms with van der Waals surface area (Å²) in [4.78, 5) is 14.1. The molecule has 0 atom stereocenters. The first kappa shape index (κ1) is 14.6. The number of carbonyl (C=O) groups is 1. The molecular formula is C17H20BrNO2. The van der Waals surface area contributed by atoms with Crippen LogP contribution in [0.2, 0.25) is 0 Å². The molecule has 2 aliphatic rings. The van der Waals surface area contributed by atoms with Gasteiger partial charge in [-0.05, 0) is 62.4 Å². The van der Waals surface area contributed by atoms with Gasteiger partial charge in [-0.15, -0.1) is 0 Å². The number of carbonyl (C=O) groups excluding carboxylic acids is 1. The lowest BCUT2D eigenvalue weighted by molar-refractivity contribution is 0.0271. The van der Waals surface area contributed by atoms with Crippen molar-refractivity contribution in [3.8, 4) is 0 Å². The molecule has 0 aromatic heterocycles. The molecule has 0 unspecified atom stereocenters. The molecule has 1 heterocycles. The van der Waals surface area contributed by atoms with Crippen molar-refractivity contribution in [1.29, 1.82) is 0 Å². The summed E-state index contributed by atoms with van der Waals surface area (Å²) in [6.45, 7) is 7.13. The predicted octanol–water partition coefficient (Wildman–Crippen LogP) is 4.40. The highest BCUT2D eigenvalue weighted by Crippen LogP contribution is 2.39. The van der Waals surface area contributed by atoms with Crippen LogP contribution in [-0.2, 0) is 11.2 Å². The van der Waals surface area contributed by atoms with E-state index in [9.17, 15) is 4.79 Å². The summed E-state index contributed by atoms with van der Waals surface area (Å²) in [7, 11) is 0. The van der Waals surface area contributed by atoms with E-state index >= 15 is 0 Å². The lowest BCUT2D eigenvalue weighted by atomic mass is 10.0. The summed E-state index contributed by atoms with van der Waals surface area (Å²) in [6.07, 6.45) is 1.76. The Hall–Kier alpha value is -1.29. The topological polar surface area (TPSA) is 29.5 Å². The first-order valence-electron chi connectivity index (χ1n) is 7.31. The fourth-order valence-corrected chi connectivity index (χ4v) is 3.33. The van der Waals surface area contributed by atoms with E-state index in [-0.39, 0.29) is 6.09 Å². The Labute approximate surface area is 134 Å². The van der Waals surface area contributed by atoms with Crippen molar-refractivity contribution in [2.45, 2.75) is 39.2 Å². The second-order valence-corrected chi connectivity index (χ2v) is 7.63. The van der Waals surface area contributed by atoms with E-state index in [1.165, 1.54) is 22.3 Å². The Morgan fingerprint density at radius 1 is 1.33 bits per heavy atom. The van der Waals surface area contributed by atoms with Gasteiger partial charge in [-0.3, -0.25) is 0 Å². The Balaban J connectivity index is 1.81. The van der Waals surface area contributed by atoms with E-state index in [0.717, 1.165) is 23.9 Å². The van der Waals surface area contributed by atoms with Gasteiger partial charge in [-0.2, -0.15) is 0 Å². The molecule has 0 bridgehead atoms. The molecule has 0 spiro atoms. The third kappa shape index (κ3) is 3.00. The van der Waals surface area contributed by atoms with Crippen LogP contribution in [0.25, 0.3) is 5.57 Å². The van der Waals surface area contributed by atoms with Gasteiger partial charge < -0.3 is 9.64 Å². The minimum absolute atomic E-state index is 0.211. The molecule has 1 aliphatic carbocycles. The smallest absolute Gasteiger partial charge is 0.410 e. The molecule has 1 amide bonds. The maximum absolute atomic E-state index is 12.3. The van der Waals surface area contributed by atoms with Crippen molar-refractivity contribution in [1.82, 2.24) is 4.90 Å². The Morgan fingerprint density at radius 3 is 2.81 bits per heavy atom. The number of ether oxygens (including phenoxy) is 1. The van der Waals surface area contributed by atoms with Crippen LogP contribution in [0.4, 0.5) is 4.79 Å². The third-order valence-electron chi connectivity index (χ3n) is 3.91. The molecule has 21 heavy (non-hydrogen) atoms. The van der Waals surface area contributed by atoms with Gasteiger partial charge in [0, 0.05) is 17.6 Å². The van der Waals surface area contributed by atoms with E-state index in [0.29, 0.717) is 6.54 Å². The molecule has 1 aliphatic heterocycles. The van der Waals surface area contributed by atoms with Gasteiger partial charge in [0.25, 0.3) is 0 Å². The number of rotatable bonds is 0. The van der Waals surface area contributed by atoms with Gasteiger partial charge in [0.2, 0.25) is 0 Å². The second kappa shape index (κ2) is 5.16. The molecule has 3 nitrogen and oxygen atoms in total. The number of fused-ring (bicyclic) bond motifs is 2. The number of halogens is 1. The SMILES string of the molecule is CC(C)(C)OC(=O)N1CCC2=C(C1)c1cc(Br)ccc1C2. The minimum atomic E-state index is -0.442. The van der Waals surface area contributed by atoms with Crippen LogP contribution in [0.15, 0.2) is 28.2 Å². The summed E-state index contributed by atoms with van der Waals surface area (Å²) in [5.74, 6) is 0. The molecule has 112 valence electrons. The van der Waals surface area contributed by atoms with E-state index in [1.807, 2.05) is 25.7 Å². The molecule has 4 heteroatoms. The highest BCUT2D eigenvalue weighted by atomic mass is 79.9. The van der Waals surface area contributed by atoms with E-state index in [2.05, 4.69) is 34.1 Å². The summed E-state index contributed by atoms with van der Waals surface area (Å²) < 4.78 is 6.58. The number of hydrogen-bond donors (Lipinski definition) is 0. The molecule has 1 aromatic rings. The Kier molecular flexibility index (Phi) is 3.60. The molecule has 0 saturated carbocycles. The van der Waals surface area contributed by atoms with Crippen LogP contribution in [0.3, 0.4) is 0 Å². The predicted molar refractivity (Wildman–Crippen MR) is 87.2 cm³/mol. The Morgan fingerprint density at radius 2 is 2.10 bits per heavy atom. The second-order valence-electron chi connectivity index (χ2n) is 6.71. The van der Waals surface area contributed by atoms with Crippen LogP contribution >= 0.6 is 15.9 Å². The lowest BCUT2D eigenvalue weighted by Gasteiger charge is -2.31. The van der Waals surface area contributed by atoms with Crippen LogP contribution in [0.1, 0.15) is 38.3 Å². The summed E-state index contributed by atoms with van der Waals surface area (Å²) >= 11 is 3.54. The molecule has 1 aromatic carbocycles. The summed E-state index contributed by atoms with van der Waals surface area (Å²) in [5.41, 5.74) is 5.00. The largest absolute Gasteiger partial charge is 0.444 e. The van der Waals surface area contributed by atoms with Gasteiger partial charge in [0.1, 0.15) is 5.60 Å². The minimum Gasteiger partial charge on any atom is -0.444 e. The van der Waals surface area contributed by atoms with Crippen LogP contribution in [0.5, 0.6) is 0 Å². The fraction of sp³-hybridized carbons (Fsp3) is 0.471. The first-order chi connectivity index (χ1) is 9.83. The first-order valence-corrected chi connectivity index (χ1v) is 8.10. The number of nitrogens with zero attached hydrogens (tertiary/aromatic N) is 1. The Bertz CT molecular complexity index is 628. The average molecular weight is 350 g/mol. The molecule has 0 saturated heterocycles. The van der Waals surface area contributed by atoms with Gasteiger partial charge in [-0.1, -0.05) is 27.6 Å². The van der Waals surface area contributed by atoms with Gasteiger partial charge in [-0.25, -0.2) is 4.79 Å². The van der Waals surface area contributed by atoms with Crippen molar-refractivity contribution in [3.05, 3.63) is 39.4 Å². The zero-order valence-corrected chi connectivity index (χ0v) is 14.3. The normalized spacial score (nSPS) is 17.6. The van der Waals surface area contributed by atoms with Gasteiger partial charge in [0.15, 0.2) is 0 Å². The van der Waals surface area contributed by atoms with Crippen molar-refractivity contribution >= 4 is 27.6 Å². The third-order valence-corrected chi connectivity index (χ3v) is 4.41. The average Bonchev–Trinajstić information content (AvgIpc) is 2.74. The highest BCUT2D eigenvalue weighted by Gasteiger charge is 2.31. The zero-order chi connectivity index (χ0) is 15.2. The maximum atomic E-state index is 12.3. The highest BCUT2D eigenvalue weighted by molar-refractivity contribution is 9.10. The molecular weight excluding hydrogens is 330 g/mol. The van der Waals surface area contributed by atoms with E-state index in [1.54, 1.807) is 0 Å². The van der Waals surface area contributed by atoms with Crippen LogP contribution in [0, 0.1) is 0 Å². The number of hydrogen-bond acceptors (Lipinski definition) is 2. The monoisotopic (exact) mass is 349 g/mol. The molecule has 3 rings (SSSR count). The van der Waals surface area contributed by atoms with Crippen LogP contribution in [-0.4, -0.2) is 29.7 Å². The number of benzene rings is 1.